The third-order valence-electron chi connectivity index (χ3n) is 4.35. The molecule has 0 aromatic carbocycles. The lowest BCUT2D eigenvalue weighted by Gasteiger charge is -2.27. The number of hydrogen-bond donors (Lipinski definition) is 0. The van der Waals surface area contributed by atoms with Gasteiger partial charge >= 0.3 is 0 Å². The summed E-state index contributed by atoms with van der Waals surface area (Å²) in [6.45, 7) is 5.20. The number of thiophene rings is 1. The van der Waals surface area contributed by atoms with Gasteiger partial charge in [-0.25, -0.2) is 13.4 Å². The first-order valence-corrected chi connectivity index (χ1v) is 10.6. The fraction of sp³-hybridized carbons (Fsp3) is 0.562. The number of ether oxygens (including phenoxy) is 1. The number of sulfone groups is 1. The lowest BCUT2D eigenvalue weighted by molar-refractivity contribution is 0.180. The van der Waals surface area contributed by atoms with Gasteiger partial charge in [-0.3, -0.25) is 4.90 Å². The first-order valence-electron chi connectivity index (χ1n) is 8.09. The minimum atomic E-state index is -3.34. The molecule has 0 fully saturated rings. The number of fused-ring (bicyclic) bond motifs is 1. The van der Waals surface area contributed by atoms with Crippen molar-refractivity contribution in [2.24, 2.45) is 0 Å². The summed E-state index contributed by atoms with van der Waals surface area (Å²) >= 11 is 1.82. The van der Waals surface area contributed by atoms with E-state index in [2.05, 4.69) is 21.3 Å². The summed E-state index contributed by atoms with van der Waals surface area (Å²) in [5.41, 5.74) is 2.31. The zero-order valence-electron chi connectivity index (χ0n) is 14.1. The van der Waals surface area contributed by atoms with Crippen molar-refractivity contribution in [1.29, 1.82) is 0 Å². The molecule has 0 saturated carbocycles. The maximum atomic E-state index is 12.3. The highest BCUT2D eigenvalue weighted by molar-refractivity contribution is 7.91. The Hall–Kier alpha value is -1.22. The number of nitrogens with zero attached hydrogens (tertiary/aromatic N) is 3. The normalized spacial score (nSPS) is 15.6. The van der Waals surface area contributed by atoms with Crippen molar-refractivity contribution in [2.45, 2.75) is 38.1 Å². The average Bonchev–Trinajstić information content (AvgIpc) is 3.19. The van der Waals surface area contributed by atoms with E-state index in [1.807, 2.05) is 11.3 Å². The summed E-state index contributed by atoms with van der Waals surface area (Å²) in [5, 5.41) is 2.30. The second-order valence-corrected chi connectivity index (χ2v) is 9.08. The molecule has 0 radical (unpaired) electrons. The summed E-state index contributed by atoms with van der Waals surface area (Å²) in [4.78, 5) is 8.02. The van der Waals surface area contributed by atoms with Gasteiger partial charge in [-0.15, -0.1) is 11.3 Å². The number of methoxy groups -OCH3 is 1. The van der Waals surface area contributed by atoms with Crippen LogP contribution >= 0.6 is 11.3 Å². The highest BCUT2D eigenvalue weighted by Crippen LogP contribution is 2.25. The monoisotopic (exact) mass is 369 g/mol. The van der Waals surface area contributed by atoms with E-state index in [1.54, 1.807) is 24.8 Å². The van der Waals surface area contributed by atoms with Gasteiger partial charge in [-0.2, -0.15) is 0 Å². The van der Waals surface area contributed by atoms with Crippen LogP contribution in [0.25, 0.3) is 0 Å². The molecule has 0 spiro atoms. The van der Waals surface area contributed by atoms with Gasteiger partial charge in [0, 0.05) is 38.2 Å². The van der Waals surface area contributed by atoms with E-state index < -0.39 is 9.84 Å². The first kappa shape index (κ1) is 17.6. The van der Waals surface area contributed by atoms with Crippen LogP contribution < -0.4 is 0 Å². The van der Waals surface area contributed by atoms with E-state index >= 15 is 0 Å². The SMILES string of the molecule is CCS(=O)(=O)c1ncc(CN2CCc3sccc3C2)n1CCOC. The zero-order chi connectivity index (χ0) is 17.2. The van der Waals surface area contributed by atoms with Crippen LogP contribution in [0.3, 0.4) is 0 Å². The molecule has 0 bridgehead atoms. The maximum Gasteiger partial charge on any atom is 0.227 e. The number of aromatic nitrogens is 2. The van der Waals surface area contributed by atoms with Crippen LogP contribution in [0.2, 0.25) is 0 Å². The quantitative estimate of drug-likeness (QED) is 0.746. The average molecular weight is 370 g/mol. The van der Waals surface area contributed by atoms with Crippen LogP contribution in [-0.2, 0) is 40.6 Å². The molecule has 0 amide bonds. The molecule has 3 rings (SSSR count). The van der Waals surface area contributed by atoms with Gasteiger partial charge in [-0.1, -0.05) is 6.92 Å². The van der Waals surface area contributed by atoms with Crippen LogP contribution in [0.15, 0.2) is 22.8 Å². The fourth-order valence-electron chi connectivity index (χ4n) is 2.99. The van der Waals surface area contributed by atoms with Gasteiger partial charge < -0.3 is 9.30 Å². The Bertz CT molecular complexity index is 795. The van der Waals surface area contributed by atoms with E-state index in [1.165, 1.54) is 10.4 Å². The maximum absolute atomic E-state index is 12.3. The lowest BCUT2D eigenvalue weighted by atomic mass is 10.1. The van der Waals surface area contributed by atoms with Crippen molar-refractivity contribution in [3.8, 4) is 0 Å². The second kappa shape index (κ2) is 7.35. The minimum Gasteiger partial charge on any atom is -0.383 e. The van der Waals surface area contributed by atoms with Crippen molar-refractivity contribution >= 4 is 21.2 Å². The Kier molecular flexibility index (Phi) is 5.39. The number of hydrogen-bond acceptors (Lipinski definition) is 6. The second-order valence-electron chi connectivity index (χ2n) is 5.91. The number of imidazole rings is 1. The molecule has 24 heavy (non-hydrogen) atoms. The predicted octanol–water partition coefficient (Wildman–Crippen LogP) is 1.94. The smallest absolute Gasteiger partial charge is 0.227 e. The molecule has 0 saturated heterocycles. The fourth-order valence-corrected chi connectivity index (χ4v) is 4.89. The summed E-state index contributed by atoms with van der Waals surface area (Å²) in [6.07, 6.45) is 2.75. The Labute approximate surface area is 147 Å². The van der Waals surface area contributed by atoms with E-state index in [0.717, 1.165) is 25.2 Å². The zero-order valence-corrected chi connectivity index (χ0v) is 15.7. The van der Waals surface area contributed by atoms with Crippen LogP contribution in [0.5, 0.6) is 0 Å². The van der Waals surface area contributed by atoms with E-state index in [0.29, 0.717) is 19.7 Å². The van der Waals surface area contributed by atoms with Gasteiger partial charge in [0.15, 0.2) is 0 Å². The van der Waals surface area contributed by atoms with Crippen molar-refractivity contribution in [3.05, 3.63) is 33.8 Å². The predicted molar refractivity (Wildman–Crippen MR) is 94.0 cm³/mol. The molecule has 8 heteroatoms. The molecule has 132 valence electrons. The van der Waals surface area contributed by atoms with Gasteiger partial charge in [0.05, 0.1) is 24.3 Å². The molecule has 6 nitrogen and oxygen atoms in total. The molecule has 0 unspecified atom stereocenters. The van der Waals surface area contributed by atoms with Gasteiger partial charge in [0.1, 0.15) is 0 Å². The Morgan fingerprint density at radius 2 is 2.25 bits per heavy atom. The third-order valence-corrected chi connectivity index (χ3v) is 7.02. The topological polar surface area (TPSA) is 64.4 Å². The summed E-state index contributed by atoms with van der Waals surface area (Å²) in [6, 6.07) is 2.18. The highest BCUT2D eigenvalue weighted by atomic mass is 32.2. The van der Waals surface area contributed by atoms with Crippen molar-refractivity contribution in [3.63, 3.8) is 0 Å². The summed E-state index contributed by atoms with van der Waals surface area (Å²) < 4.78 is 31.5. The standard InChI is InChI=1S/C16H23N3O3S2/c1-3-24(20,21)16-17-10-14(19(16)7-8-22-2)12-18-6-4-15-13(11-18)5-9-23-15/h5,9-10H,3-4,6-8,11-12H2,1-2H3. The molecule has 0 aliphatic carbocycles. The summed E-state index contributed by atoms with van der Waals surface area (Å²) in [7, 11) is -1.72. The van der Waals surface area contributed by atoms with Crippen LogP contribution in [-0.4, -0.2) is 48.9 Å². The highest BCUT2D eigenvalue weighted by Gasteiger charge is 2.24. The van der Waals surface area contributed by atoms with E-state index in [4.69, 9.17) is 4.74 Å². The molecule has 2 aromatic rings. The molecule has 0 N–H and O–H groups in total. The van der Waals surface area contributed by atoms with Crippen molar-refractivity contribution in [1.82, 2.24) is 14.5 Å². The van der Waals surface area contributed by atoms with Gasteiger partial charge in [0.2, 0.25) is 15.0 Å². The molecular weight excluding hydrogens is 346 g/mol. The van der Waals surface area contributed by atoms with Crippen molar-refractivity contribution in [2.75, 3.05) is 26.0 Å². The Balaban J connectivity index is 1.83. The van der Waals surface area contributed by atoms with E-state index in [9.17, 15) is 8.42 Å². The van der Waals surface area contributed by atoms with E-state index in [-0.39, 0.29) is 10.9 Å². The molecule has 3 heterocycles. The number of rotatable bonds is 7. The molecular formula is C16H23N3O3S2. The minimum absolute atomic E-state index is 0.0540. The molecule has 1 aliphatic heterocycles. The van der Waals surface area contributed by atoms with Crippen LogP contribution in [0, 0.1) is 0 Å². The Morgan fingerprint density at radius 3 is 3.00 bits per heavy atom. The molecule has 1 aliphatic rings. The van der Waals surface area contributed by atoms with Gasteiger partial charge in [-0.05, 0) is 23.4 Å². The van der Waals surface area contributed by atoms with Crippen LogP contribution in [0.4, 0.5) is 0 Å². The van der Waals surface area contributed by atoms with Crippen molar-refractivity contribution < 1.29 is 13.2 Å². The largest absolute Gasteiger partial charge is 0.383 e. The van der Waals surface area contributed by atoms with Crippen LogP contribution in [0.1, 0.15) is 23.1 Å². The van der Waals surface area contributed by atoms with Gasteiger partial charge in [0.25, 0.3) is 0 Å². The Morgan fingerprint density at radius 1 is 1.42 bits per heavy atom. The molecule has 2 aromatic heterocycles. The first-order chi connectivity index (χ1) is 11.5. The summed E-state index contributed by atoms with van der Waals surface area (Å²) in [5.74, 6) is 0.0540. The molecule has 0 atom stereocenters. The third kappa shape index (κ3) is 3.56. The lowest BCUT2D eigenvalue weighted by Crippen LogP contribution is -2.30.